The average molecular weight is 289 g/mol. The zero-order chi connectivity index (χ0) is 13.4. The van der Waals surface area contributed by atoms with E-state index in [1.165, 1.54) is 22.7 Å². The largest absolute Gasteiger partial charge is 0.399 e. The maximum Gasteiger partial charge on any atom is 0.267 e. The molecular formula is C13H11N3OS2. The van der Waals surface area contributed by atoms with Crippen LogP contribution >= 0.6 is 22.7 Å². The Morgan fingerprint density at radius 1 is 1.37 bits per heavy atom. The van der Waals surface area contributed by atoms with Gasteiger partial charge in [0.15, 0.2) is 5.13 Å². The minimum Gasteiger partial charge on any atom is -0.399 e. The molecule has 0 bridgehead atoms. The van der Waals surface area contributed by atoms with E-state index in [2.05, 4.69) is 10.3 Å². The van der Waals surface area contributed by atoms with Crippen molar-refractivity contribution in [2.75, 3.05) is 11.1 Å². The van der Waals surface area contributed by atoms with Crippen LogP contribution in [-0.4, -0.2) is 10.9 Å². The van der Waals surface area contributed by atoms with E-state index in [1.807, 2.05) is 30.5 Å². The quantitative estimate of drug-likeness (QED) is 0.709. The van der Waals surface area contributed by atoms with Gasteiger partial charge in [-0.05, 0) is 42.1 Å². The summed E-state index contributed by atoms with van der Waals surface area (Å²) in [6, 6.07) is 7.45. The van der Waals surface area contributed by atoms with Crippen LogP contribution in [0.5, 0.6) is 0 Å². The lowest BCUT2D eigenvalue weighted by Crippen LogP contribution is -2.10. The fourth-order valence-electron chi connectivity index (χ4n) is 1.75. The smallest absolute Gasteiger partial charge is 0.267 e. The van der Waals surface area contributed by atoms with Gasteiger partial charge in [-0.1, -0.05) is 11.3 Å². The Morgan fingerprint density at radius 3 is 2.95 bits per heavy atom. The van der Waals surface area contributed by atoms with Gasteiger partial charge < -0.3 is 5.73 Å². The summed E-state index contributed by atoms with van der Waals surface area (Å²) in [5, 5.41) is 5.33. The number of thiophene rings is 1. The first-order valence-electron chi connectivity index (χ1n) is 5.65. The fraction of sp³-hybridized carbons (Fsp3) is 0.0769. The summed E-state index contributed by atoms with van der Waals surface area (Å²) in [4.78, 5) is 17.2. The lowest BCUT2D eigenvalue weighted by molar-refractivity contribution is 0.103. The Hall–Kier alpha value is -1.92. The third-order valence-corrected chi connectivity index (χ3v) is 4.65. The Kier molecular flexibility index (Phi) is 2.96. The molecule has 1 amide bonds. The molecule has 0 spiro atoms. The first-order chi connectivity index (χ1) is 9.13. The van der Waals surface area contributed by atoms with Gasteiger partial charge in [-0.2, -0.15) is 0 Å². The van der Waals surface area contributed by atoms with E-state index >= 15 is 0 Å². The van der Waals surface area contributed by atoms with Gasteiger partial charge in [0.05, 0.1) is 15.1 Å². The number of aromatic nitrogens is 1. The molecule has 0 aliphatic heterocycles. The third kappa shape index (κ3) is 2.32. The molecule has 1 aromatic carbocycles. The molecular weight excluding hydrogens is 278 g/mol. The van der Waals surface area contributed by atoms with Crippen LogP contribution in [0.15, 0.2) is 29.6 Å². The van der Waals surface area contributed by atoms with Crippen molar-refractivity contribution in [2.24, 2.45) is 0 Å². The summed E-state index contributed by atoms with van der Waals surface area (Å²) < 4.78 is 0.971. The highest BCUT2D eigenvalue weighted by Gasteiger charge is 2.13. The second-order valence-electron chi connectivity index (χ2n) is 4.13. The standard InChI is InChI=1S/C13H11N3OS2/c1-7-4-5-18-11(7)12(17)16-13-15-9-3-2-8(14)6-10(9)19-13/h2-6H,14H2,1H3,(H,15,16,17). The predicted octanol–water partition coefficient (Wildman–Crippen LogP) is 3.50. The minimum absolute atomic E-state index is 0.112. The van der Waals surface area contributed by atoms with Crippen molar-refractivity contribution in [3.05, 3.63) is 40.1 Å². The number of fused-ring (bicyclic) bond motifs is 1. The molecule has 0 saturated heterocycles. The van der Waals surface area contributed by atoms with Gasteiger partial charge in [0, 0.05) is 5.69 Å². The van der Waals surface area contributed by atoms with Crippen molar-refractivity contribution in [3.8, 4) is 0 Å². The summed E-state index contributed by atoms with van der Waals surface area (Å²) in [7, 11) is 0. The van der Waals surface area contributed by atoms with E-state index in [4.69, 9.17) is 5.73 Å². The van der Waals surface area contributed by atoms with Gasteiger partial charge in [0.1, 0.15) is 0 Å². The normalized spacial score (nSPS) is 10.8. The summed E-state index contributed by atoms with van der Waals surface area (Å²) in [5.41, 5.74) is 8.25. The molecule has 19 heavy (non-hydrogen) atoms. The predicted molar refractivity (Wildman–Crippen MR) is 81.0 cm³/mol. The molecule has 3 N–H and O–H groups in total. The summed E-state index contributed by atoms with van der Waals surface area (Å²) in [6.45, 7) is 1.92. The number of nitrogens with two attached hydrogens (primary N) is 1. The Bertz CT molecular complexity index is 760. The molecule has 0 unspecified atom stereocenters. The van der Waals surface area contributed by atoms with Crippen LogP contribution in [0.1, 0.15) is 15.2 Å². The van der Waals surface area contributed by atoms with Crippen molar-refractivity contribution in [1.82, 2.24) is 4.98 Å². The molecule has 96 valence electrons. The zero-order valence-electron chi connectivity index (χ0n) is 10.1. The minimum atomic E-state index is -0.112. The molecule has 3 rings (SSSR count). The Balaban J connectivity index is 1.89. The highest BCUT2D eigenvalue weighted by Crippen LogP contribution is 2.28. The number of carbonyl (C=O) groups is 1. The van der Waals surface area contributed by atoms with Crippen molar-refractivity contribution in [3.63, 3.8) is 0 Å². The number of nitrogen functional groups attached to an aromatic ring is 1. The van der Waals surface area contributed by atoms with Gasteiger partial charge >= 0.3 is 0 Å². The van der Waals surface area contributed by atoms with E-state index in [0.29, 0.717) is 10.8 Å². The number of hydrogen-bond acceptors (Lipinski definition) is 5. The Morgan fingerprint density at radius 2 is 2.21 bits per heavy atom. The SMILES string of the molecule is Cc1ccsc1C(=O)Nc1nc2ccc(N)cc2s1. The molecule has 6 heteroatoms. The van der Waals surface area contributed by atoms with Gasteiger partial charge in [0.2, 0.25) is 0 Å². The van der Waals surface area contributed by atoms with Crippen LogP contribution in [0.25, 0.3) is 10.2 Å². The average Bonchev–Trinajstić information content (AvgIpc) is 2.94. The summed E-state index contributed by atoms with van der Waals surface area (Å²) >= 11 is 2.86. The molecule has 0 aliphatic carbocycles. The molecule has 0 atom stereocenters. The summed E-state index contributed by atoms with van der Waals surface area (Å²) in [5.74, 6) is -0.112. The number of hydrogen-bond donors (Lipinski definition) is 2. The number of benzene rings is 1. The molecule has 2 aromatic heterocycles. The molecule has 4 nitrogen and oxygen atoms in total. The van der Waals surface area contributed by atoms with Crippen molar-refractivity contribution in [2.45, 2.75) is 6.92 Å². The van der Waals surface area contributed by atoms with Crippen LogP contribution < -0.4 is 11.1 Å². The van der Waals surface area contributed by atoms with Gasteiger partial charge in [-0.15, -0.1) is 11.3 Å². The number of rotatable bonds is 2. The number of anilines is 2. The van der Waals surface area contributed by atoms with Crippen molar-refractivity contribution >= 4 is 49.6 Å². The lowest BCUT2D eigenvalue weighted by Gasteiger charge is -1.99. The number of thiazole rings is 1. The molecule has 0 aliphatic rings. The van der Waals surface area contributed by atoms with E-state index in [1.54, 1.807) is 6.07 Å². The van der Waals surface area contributed by atoms with Gasteiger partial charge in [0.25, 0.3) is 5.91 Å². The van der Waals surface area contributed by atoms with E-state index < -0.39 is 0 Å². The van der Waals surface area contributed by atoms with Crippen molar-refractivity contribution < 1.29 is 4.79 Å². The first-order valence-corrected chi connectivity index (χ1v) is 7.34. The van der Waals surface area contributed by atoms with Gasteiger partial charge in [-0.25, -0.2) is 4.98 Å². The highest BCUT2D eigenvalue weighted by atomic mass is 32.1. The molecule has 3 aromatic rings. The number of carbonyl (C=O) groups excluding carboxylic acids is 1. The second kappa shape index (κ2) is 4.64. The molecule has 0 fully saturated rings. The third-order valence-electron chi connectivity index (χ3n) is 2.70. The fourth-order valence-corrected chi connectivity index (χ4v) is 3.48. The molecule has 2 heterocycles. The second-order valence-corrected chi connectivity index (χ2v) is 6.08. The summed E-state index contributed by atoms with van der Waals surface area (Å²) in [6.07, 6.45) is 0. The van der Waals surface area contributed by atoms with Crippen LogP contribution in [0.3, 0.4) is 0 Å². The zero-order valence-corrected chi connectivity index (χ0v) is 11.8. The lowest BCUT2D eigenvalue weighted by atomic mass is 10.3. The highest BCUT2D eigenvalue weighted by molar-refractivity contribution is 7.22. The number of amides is 1. The number of nitrogens with zero attached hydrogens (tertiary/aromatic N) is 1. The topological polar surface area (TPSA) is 68.0 Å². The van der Waals surface area contributed by atoms with Crippen LogP contribution in [-0.2, 0) is 0 Å². The van der Waals surface area contributed by atoms with E-state index in [9.17, 15) is 4.79 Å². The monoisotopic (exact) mass is 289 g/mol. The first kappa shape index (κ1) is 12.1. The molecule has 0 saturated carbocycles. The Labute approximate surface area is 117 Å². The van der Waals surface area contributed by atoms with E-state index in [0.717, 1.165) is 20.7 Å². The van der Waals surface area contributed by atoms with Gasteiger partial charge in [-0.3, -0.25) is 10.1 Å². The maximum atomic E-state index is 12.1. The van der Waals surface area contributed by atoms with Crippen LogP contribution in [0.2, 0.25) is 0 Å². The van der Waals surface area contributed by atoms with Crippen molar-refractivity contribution in [1.29, 1.82) is 0 Å². The maximum absolute atomic E-state index is 12.1. The van der Waals surface area contributed by atoms with Crippen LogP contribution in [0.4, 0.5) is 10.8 Å². The molecule has 0 radical (unpaired) electrons. The van der Waals surface area contributed by atoms with E-state index in [-0.39, 0.29) is 5.91 Å². The number of nitrogens with one attached hydrogen (secondary N) is 1. The van der Waals surface area contributed by atoms with Crippen LogP contribution in [0, 0.1) is 6.92 Å². The number of aryl methyl sites for hydroxylation is 1.